The Morgan fingerprint density at radius 3 is 1.79 bits per heavy atom. The van der Waals surface area contributed by atoms with Gasteiger partial charge < -0.3 is 9.64 Å². The third-order valence-corrected chi connectivity index (χ3v) is 9.27. The molecule has 0 unspecified atom stereocenters. The first-order chi connectivity index (χ1) is 19.5. The molecule has 0 radical (unpaired) electrons. The van der Waals surface area contributed by atoms with E-state index in [9.17, 15) is 29.8 Å². The summed E-state index contributed by atoms with van der Waals surface area (Å²) in [4.78, 5) is 50.9. The molecule has 0 saturated carbocycles. The lowest BCUT2D eigenvalue weighted by molar-refractivity contribution is -0.394. The fourth-order valence-electron chi connectivity index (χ4n) is 6.30. The number of nitro groups is 2. The Bertz CT molecular complexity index is 1580. The second-order valence-electron chi connectivity index (χ2n) is 12.7. The molecule has 12 heteroatoms. The lowest BCUT2D eigenvalue weighted by Gasteiger charge is -2.48. The first kappa shape index (κ1) is 30.1. The molecule has 10 nitrogen and oxygen atoms in total. The van der Waals surface area contributed by atoms with Gasteiger partial charge in [0, 0.05) is 54.4 Å². The number of rotatable bonds is 5. The van der Waals surface area contributed by atoms with Gasteiger partial charge in [-0.1, -0.05) is 27.7 Å². The molecule has 42 heavy (non-hydrogen) atoms. The molecule has 2 aromatic carbocycles. The molecule has 0 fully saturated rings. The number of nitrogens with zero attached hydrogens (tertiary/aromatic N) is 3. The molecule has 2 aliphatic carbocycles. The lowest BCUT2D eigenvalue weighted by Crippen LogP contribution is -2.43. The summed E-state index contributed by atoms with van der Waals surface area (Å²) in [5.74, 6) is -0.524. The standard InChI is InChI=1S/C30H29Br2N3O7/c1-29(2)11-20-26(22(36)13-29)25(27-21(33(20)5)12-30(3,4)14-23(27)37)15-8-17(31)28(18(32)9-15)42-24-7-6-16(34(38)39)10-19(24)35(40)41/h6-10,25H,11-14H2,1-5H3. The number of non-ortho nitro benzene ring substituents is 1. The minimum Gasteiger partial charge on any atom is -0.448 e. The van der Waals surface area contributed by atoms with Crippen molar-refractivity contribution in [1.82, 2.24) is 4.90 Å². The highest BCUT2D eigenvalue weighted by Gasteiger charge is 2.48. The zero-order valence-corrected chi connectivity index (χ0v) is 26.9. The van der Waals surface area contributed by atoms with Crippen LogP contribution in [0.25, 0.3) is 0 Å². The van der Waals surface area contributed by atoms with Gasteiger partial charge in [-0.25, -0.2) is 0 Å². The number of ether oxygens (including phenoxy) is 1. The van der Waals surface area contributed by atoms with Gasteiger partial charge in [-0.05, 0) is 79.3 Å². The van der Waals surface area contributed by atoms with E-state index in [0.717, 1.165) is 23.5 Å². The maximum atomic E-state index is 13.8. The zero-order chi connectivity index (χ0) is 30.9. The van der Waals surface area contributed by atoms with Crippen molar-refractivity contribution in [3.63, 3.8) is 0 Å². The summed E-state index contributed by atoms with van der Waals surface area (Å²) in [5.41, 5.74) is 2.38. The van der Waals surface area contributed by atoms with Gasteiger partial charge in [0.1, 0.15) is 0 Å². The molecule has 5 rings (SSSR count). The third kappa shape index (κ3) is 5.30. The van der Waals surface area contributed by atoms with E-state index in [2.05, 4.69) is 64.5 Å². The Balaban J connectivity index is 1.64. The van der Waals surface area contributed by atoms with Gasteiger partial charge in [0.25, 0.3) is 5.69 Å². The fraction of sp³-hybridized carbons (Fsp3) is 0.400. The summed E-state index contributed by atoms with van der Waals surface area (Å²) in [5, 5.41) is 22.8. The Morgan fingerprint density at radius 1 is 0.833 bits per heavy atom. The average molecular weight is 703 g/mol. The van der Waals surface area contributed by atoms with Crippen molar-refractivity contribution in [2.45, 2.75) is 59.3 Å². The van der Waals surface area contributed by atoms with Gasteiger partial charge in [0.15, 0.2) is 17.3 Å². The van der Waals surface area contributed by atoms with Gasteiger partial charge >= 0.3 is 5.69 Å². The molecule has 3 aliphatic rings. The molecule has 0 amide bonds. The summed E-state index contributed by atoms with van der Waals surface area (Å²) in [6.07, 6.45) is 2.12. The van der Waals surface area contributed by atoms with Gasteiger partial charge in [-0.2, -0.15) is 0 Å². The quantitative estimate of drug-likeness (QED) is 0.225. The molecule has 0 spiro atoms. The molecule has 0 atom stereocenters. The summed E-state index contributed by atoms with van der Waals surface area (Å²) >= 11 is 7.06. The molecular formula is C30H29Br2N3O7. The van der Waals surface area contributed by atoms with Crippen LogP contribution in [0, 0.1) is 31.1 Å². The van der Waals surface area contributed by atoms with Gasteiger partial charge in [0.2, 0.25) is 5.75 Å². The van der Waals surface area contributed by atoms with Crippen molar-refractivity contribution in [3.05, 3.63) is 87.6 Å². The van der Waals surface area contributed by atoms with Crippen molar-refractivity contribution >= 4 is 54.8 Å². The number of benzene rings is 2. The van der Waals surface area contributed by atoms with Crippen molar-refractivity contribution in [2.24, 2.45) is 10.8 Å². The predicted molar refractivity (Wildman–Crippen MR) is 162 cm³/mol. The highest BCUT2D eigenvalue weighted by molar-refractivity contribution is 9.11. The second-order valence-corrected chi connectivity index (χ2v) is 14.4. The van der Waals surface area contributed by atoms with Gasteiger partial charge in [-0.3, -0.25) is 29.8 Å². The van der Waals surface area contributed by atoms with Crippen LogP contribution in [-0.2, 0) is 9.59 Å². The van der Waals surface area contributed by atoms with E-state index in [1.54, 1.807) is 12.1 Å². The SMILES string of the molecule is CN1C2=C(C(=O)CC(C)(C)C2)C(c2cc(Br)c(Oc3ccc([N+](=O)[O-])cc3[N+](=O)[O-])c(Br)c2)C2=C1CC(C)(C)CC2=O. The van der Waals surface area contributed by atoms with Crippen LogP contribution in [0.3, 0.4) is 0 Å². The minimum atomic E-state index is -0.745. The second kappa shape index (κ2) is 10.4. The largest absolute Gasteiger partial charge is 0.448 e. The van der Waals surface area contributed by atoms with Crippen LogP contribution in [-0.4, -0.2) is 33.4 Å². The van der Waals surface area contributed by atoms with E-state index in [4.69, 9.17) is 4.74 Å². The van der Waals surface area contributed by atoms with Crippen molar-refractivity contribution in [3.8, 4) is 11.5 Å². The molecule has 1 heterocycles. The van der Waals surface area contributed by atoms with E-state index in [0.29, 0.717) is 51.3 Å². The van der Waals surface area contributed by atoms with Gasteiger partial charge in [-0.15, -0.1) is 0 Å². The molecule has 2 aromatic rings. The van der Waals surface area contributed by atoms with Crippen molar-refractivity contribution in [1.29, 1.82) is 0 Å². The Hall–Kier alpha value is -3.38. The first-order valence-electron chi connectivity index (χ1n) is 13.4. The summed E-state index contributed by atoms with van der Waals surface area (Å²) in [6.45, 7) is 8.31. The maximum absolute atomic E-state index is 13.8. The van der Waals surface area contributed by atoms with Crippen LogP contribution in [0.1, 0.15) is 64.9 Å². The smallest absolute Gasteiger partial charge is 0.318 e. The highest BCUT2D eigenvalue weighted by atomic mass is 79.9. The molecule has 0 bridgehead atoms. The van der Waals surface area contributed by atoms with Crippen LogP contribution < -0.4 is 4.74 Å². The fourth-order valence-corrected chi connectivity index (χ4v) is 7.68. The molecule has 0 saturated heterocycles. The minimum absolute atomic E-state index is 0.0105. The number of ketones is 2. The van der Waals surface area contributed by atoms with Crippen LogP contribution in [0.15, 0.2) is 61.8 Å². The number of nitro benzene ring substituents is 2. The monoisotopic (exact) mass is 701 g/mol. The summed E-state index contributed by atoms with van der Waals surface area (Å²) in [7, 11) is 1.95. The van der Waals surface area contributed by atoms with Crippen LogP contribution >= 0.6 is 31.9 Å². The Kier molecular flexibility index (Phi) is 7.46. The Morgan fingerprint density at radius 2 is 1.33 bits per heavy atom. The van der Waals surface area contributed by atoms with Crippen LogP contribution in [0.2, 0.25) is 0 Å². The predicted octanol–water partition coefficient (Wildman–Crippen LogP) is 8.14. The van der Waals surface area contributed by atoms with Crippen LogP contribution in [0.5, 0.6) is 11.5 Å². The lowest BCUT2D eigenvalue weighted by atomic mass is 9.64. The van der Waals surface area contributed by atoms with Crippen molar-refractivity contribution in [2.75, 3.05) is 7.05 Å². The summed E-state index contributed by atoms with van der Waals surface area (Å²) in [6, 6.07) is 6.69. The van der Waals surface area contributed by atoms with E-state index >= 15 is 0 Å². The number of hydrogen-bond acceptors (Lipinski definition) is 8. The van der Waals surface area contributed by atoms with E-state index in [-0.39, 0.29) is 33.9 Å². The van der Waals surface area contributed by atoms with E-state index in [1.807, 2.05) is 7.05 Å². The highest BCUT2D eigenvalue weighted by Crippen LogP contribution is 2.55. The Labute approximate surface area is 259 Å². The first-order valence-corrected chi connectivity index (χ1v) is 14.9. The molecule has 220 valence electrons. The number of halogens is 2. The zero-order valence-electron chi connectivity index (χ0n) is 23.7. The maximum Gasteiger partial charge on any atom is 0.318 e. The van der Waals surface area contributed by atoms with E-state index < -0.39 is 27.1 Å². The molecular weight excluding hydrogens is 674 g/mol. The molecule has 1 aliphatic heterocycles. The average Bonchev–Trinajstić information content (AvgIpc) is 2.86. The van der Waals surface area contributed by atoms with Crippen LogP contribution in [0.4, 0.5) is 11.4 Å². The number of hydrogen-bond donors (Lipinski definition) is 0. The van der Waals surface area contributed by atoms with Gasteiger partial charge in [0.05, 0.1) is 24.9 Å². The number of carbonyl (C=O) groups is 2. The van der Waals surface area contributed by atoms with Crippen molar-refractivity contribution < 1.29 is 24.2 Å². The molecule has 0 aromatic heterocycles. The summed E-state index contributed by atoms with van der Waals surface area (Å²) < 4.78 is 6.76. The molecule has 0 N–H and O–H groups in total. The number of Topliss-reactive ketones (excluding diaryl/α,β-unsaturated/α-hetero) is 2. The van der Waals surface area contributed by atoms with E-state index in [1.165, 1.54) is 6.07 Å². The number of carbonyl (C=O) groups excluding carboxylic acids is 2. The third-order valence-electron chi connectivity index (χ3n) is 8.10. The topological polar surface area (TPSA) is 133 Å². The number of allylic oxidation sites excluding steroid dienone is 4. The normalized spacial score (nSPS) is 19.9.